The molecule has 0 fully saturated rings. The van der Waals surface area contributed by atoms with E-state index in [4.69, 9.17) is 20.8 Å². The van der Waals surface area contributed by atoms with Crippen molar-refractivity contribution in [3.63, 3.8) is 0 Å². The van der Waals surface area contributed by atoms with Crippen LogP contribution in [0.3, 0.4) is 0 Å². The number of nitrogens with zero attached hydrogens (tertiary/aromatic N) is 2. The van der Waals surface area contributed by atoms with Gasteiger partial charge in [-0.05, 0) is 61.5 Å². The Balaban J connectivity index is 1.32. The third-order valence-corrected chi connectivity index (χ3v) is 5.83. The lowest BCUT2D eigenvalue weighted by Gasteiger charge is -2.13. The predicted molar refractivity (Wildman–Crippen MR) is 129 cm³/mol. The fraction of sp³-hybridized carbons (Fsp3) is 0.167. The van der Waals surface area contributed by atoms with E-state index in [1.807, 2.05) is 19.1 Å². The highest BCUT2D eigenvalue weighted by Crippen LogP contribution is 2.19. The Morgan fingerprint density at radius 2 is 1.91 bits per heavy atom. The molecular formula is C24H21ClN4O4S. The summed E-state index contributed by atoms with van der Waals surface area (Å²) in [7, 11) is 0. The van der Waals surface area contributed by atoms with Crippen LogP contribution in [0.2, 0.25) is 5.02 Å². The van der Waals surface area contributed by atoms with Crippen molar-refractivity contribution in [1.82, 2.24) is 15.5 Å². The van der Waals surface area contributed by atoms with Crippen molar-refractivity contribution in [2.24, 2.45) is 0 Å². The molecule has 2 N–H and O–H groups in total. The van der Waals surface area contributed by atoms with E-state index >= 15 is 0 Å². The molecule has 4 aromatic rings. The number of ether oxygens (including phenoxy) is 1. The second-order valence-electron chi connectivity index (χ2n) is 7.44. The van der Waals surface area contributed by atoms with Crippen molar-refractivity contribution in [3.05, 3.63) is 93.3 Å². The number of rotatable bonds is 9. The van der Waals surface area contributed by atoms with Gasteiger partial charge in [-0.15, -0.1) is 10.2 Å². The van der Waals surface area contributed by atoms with E-state index in [1.165, 1.54) is 0 Å². The van der Waals surface area contributed by atoms with Crippen LogP contribution in [0.4, 0.5) is 5.69 Å². The number of aromatic nitrogens is 2. The van der Waals surface area contributed by atoms with Gasteiger partial charge in [0, 0.05) is 28.7 Å². The van der Waals surface area contributed by atoms with Gasteiger partial charge in [0.2, 0.25) is 5.01 Å². The van der Waals surface area contributed by atoms with Gasteiger partial charge in [0.15, 0.2) is 5.01 Å². The number of hydrogen-bond donors (Lipinski definition) is 2. The number of amides is 2. The van der Waals surface area contributed by atoms with Crippen molar-refractivity contribution in [1.29, 1.82) is 0 Å². The van der Waals surface area contributed by atoms with E-state index in [9.17, 15) is 9.59 Å². The summed E-state index contributed by atoms with van der Waals surface area (Å²) in [5, 5.41) is 15.0. The molecule has 0 bridgehead atoms. The van der Waals surface area contributed by atoms with Gasteiger partial charge in [0.05, 0.1) is 6.26 Å². The number of carbonyl (C=O) groups is 2. The molecule has 34 heavy (non-hydrogen) atoms. The average molecular weight is 497 g/mol. The Morgan fingerprint density at radius 1 is 1.09 bits per heavy atom. The summed E-state index contributed by atoms with van der Waals surface area (Å²) in [6.07, 6.45) is 2.18. The predicted octanol–water partition coefficient (Wildman–Crippen LogP) is 4.98. The van der Waals surface area contributed by atoms with Gasteiger partial charge in [0.1, 0.15) is 18.1 Å². The second kappa shape index (κ2) is 11.0. The Bertz CT molecular complexity index is 1260. The molecule has 2 aromatic carbocycles. The van der Waals surface area contributed by atoms with Crippen LogP contribution in [0.15, 0.2) is 71.3 Å². The minimum atomic E-state index is -0.418. The lowest BCUT2D eigenvalue weighted by atomic mass is 10.1. The fourth-order valence-electron chi connectivity index (χ4n) is 3.09. The largest absolute Gasteiger partial charge is 0.486 e. The van der Waals surface area contributed by atoms with Gasteiger partial charge in [-0.2, -0.15) is 0 Å². The van der Waals surface area contributed by atoms with Gasteiger partial charge in [-0.3, -0.25) is 9.59 Å². The molecule has 1 atom stereocenters. The van der Waals surface area contributed by atoms with Crippen LogP contribution in [-0.2, 0) is 13.0 Å². The smallest absolute Gasteiger partial charge is 0.286 e. The molecule has 10 heteroatoms. The van der Waals surface area contributed by atoms with Crippen molar-refractivity contribution < 1.29 is 18.7 Å². The van der Waals surface area contributed by atoms with Gasteiger partial charge in [-0.1, -0.05) is 29.0 Å². The van der Waals surface area contributed by atoms with Crippen LogP contribution in [0.1, 0.15) is 37.9 Å². The molecule has 0 aliphatic heterocycles. The summed E-state index contributed by atoms with van der Waals surface area (Å²) >= 11 is 6.99. The quantitative estimate of drug-likeness (QED) is 0.338. The highest BCUT2D eigenvalue weighted by Gasteiger charge is 2.16. The maximum Gasteiger partial charge on any atom is 0.286 e. The first-order chi connectivity index (χ1) is 16.5. The number of hydrogen-bond acceptors (Lipinski definition) is 7. The Kier molecular flexibility index (Phi) is 7.56. The number of furan rings is 1. The van der Waals surface area contributed by atoms with E-state index in [1.54, 1.807) is 54.8 Å². The molecule has 2 aromatic heterocycles. The number of nitrogens with one attached hydrogen (secondary N) is 2. The van der Waals surface area contributed by atoms with Crippen LogP contribution in [0.5, 0.6) is 5.75 Å². The SMILES string of the molecule is CC(Cc1ccco1)NC(=O)c1cccc(NC(=O)c2nnc(COc3ccc(Cl)cc3)s2)c1. The number of carbonyl (C=O) groups excluding carboxylic acids is 2. The zero-order chi connectivity index (χ0) is 23.9. The van der Waals surface area contributed by atoms with Crippen molar-refractivity contribution in [3.8, 4) is 5.75 Å². The molecule has 4 rings (SSSR count). The van der Waals surface area contributed by atoms with Crippen molar-refractivity contribution in [2.45, 2.75) is 26.0 Å². The summed E-state index contributed by atoms with van der Waals surface area (Å²) < 4.78 is 11.0. The minimum absolute atomic E-state index is 0.119. The number of benzene rings is 2. The van der Waals surface area contributed by atoms with E-state index < -0.39 is 5.91 Å². The van der Waals surface area contributed by atoms with E-state index in [0.717, 1.165) is 17.1 Å². The molecule has 0 saturated carbocycles. The lowest BCUT2D eigenvalue weighted by molar-refractivity contribution is 0.0938. The summed E-state index contributed by atoms with van der Waals surface area (Å²) in [5.74, 6) is 0.773. The molecule has 0 radical (unpaired) electrons. The van der Waals surface area contributed by atoms with Gasteiger partial charge >= 0.3 is 0 Å². The Labute approximate surface area is 204 Å². The summed E-state index contributed by atoms with van der Waals surface area (Å²) in [6, 6.07) is 17.2. The highest BCUT2D eigenvalue weighted by molar-refractivity contribution is 7.13. The van der Waals surface area contributed by atoms with Crippen molar-refractivity contribution >= 4 is 40.4 Å². The van der Waals surface area contributed by atoms with Crippen LogP contribution in [-0.4, -0.2) is 28.1 Å². The topological polar surface area (TPSA) is 106 Å². The Morgan fingerprint density at radius 3 is 2.68 bits per heavy atom. The van der Waals surface area contributed by atoms with Crippen LogP contribution >= 0.6 is 22.9 Å². The third kappa shape index (κ3) is 6.43. The first-order valence-electron chi connectivity index (χ1n) is 10.4. The normalized spacial score (nSPS) is 11.6. The maximum absolute atomic E-state index is 12.6. The van der Waals surface area contributed by atoms with Gasteiger partial charge < -0.3 is 19.8 Å². The monoisotopic (exact) mass is 496 g/mol. The third-order valence-electron chi connectivity index (χ3n) is 4.68. The molecule has 2 heterocycles. The second-order valence-corrected chi connectivity index (χ2v) is 8.93. The number of anilines is 1. The average Bonchev–Trinajstić information content (AvgIpc) is 3.51. The van der Waals surface area contributed by atoms with Crippen LogP contribution in [0.25, 0.3) is 0 Å². The molecular weight excluding hydrogens is 476 g/mol. The molecule has 0 aliphatic carbocycles. The molecule has 0 aliphatic rings. The maximum atomic E-state index is 12.6. The summed E-state index contributed by atoms with van der Waals surface area (Å²) in [4.78, 5) is 25.2. The van der Waals surface area contributed by atoms with Gasteiger partial charge in [-0.25, -0.2) is 0 Å². The lowest BCUT2D eigenvalue weighted by Crippen LogP contribution is -2.34. The fourth-order valence-corrected chi connectivity index (χ4v) is 3.87. The van der Waals surface area contributed by atoms with Crippen molar-refractivity contribution in [2.75, 3.05) is 5.32 Å². The van der Waals surface area contributed by atoms with E-state index in [0.29, 0.717) is 33.5 Å². The van der Waals surface area contributed by atoms with E-state index in [2.05, 4.69) is 20.8 Å². The molecule has 174 valence electrons. The molecule has 1 unspecified atom stereocenters. The standard InChI is InChI=1S/C24H21ClN4O4S/c1-15(12-20-6-3-11-32-20)26-22(30)16-4-2-5-18(13-16)27-23(31)24-29-28-21(34-24)14-33-19-9-7-17(25)8-10-19/h2-11,13,15H,12,14H2,1H3,(H,26,30)(H,27,31). The van der Waals surface area contributed by atoms with Crippen LogP contribution in [0, 0.1) is 0 Å². The minimum Gasteiger partial charge on any atom is -0.486 e. The van der Waals surface area contributed by atoms with E-state index in [-0.39, 0.29) is 23.6 Å². The molecule has 0 spiro atoms. The number of halogens is 1. The molecule has 0 saturated heterocycles. The highest BCUT2D eigenvalue weighted by atomic mass is 35.5. The molecule has 8 nitrogen and oxygen atoms in total. The zero-order valence-electron chi connectivity index (χ0n) is 18.2. The summed E-state index contributed by atoms with van der Waals surface area (Å²) in [6.45, 7) is 2.08. The Hall–Kier alpha value is -3.69. The molecule has 2 amide bonds. The first kappa shape index (κ1) is 23.5. The van der Waals surface area contributed by atoms with Crippen LogP contribution < -0.4 is 15.4 Å². The van der Waals surface area contributed by atoms with Gasteiger partial charge in [0.25, 0.3) is 11.8 Å². The first-order valence-corrected chi connectivity index (χ1v) is 11.6. The zero-order valence-corrected chi connectivity index (χ0v) is 19.7. The summed E-state index contributed by atoms with van der Waals surface area (Å²) in [5.41, 5.74) is 0.906.